The molecule has 0 aliphatic rings. The molecule has 0 unspecified atom stereocenters. The Morgan fingerprint density at radius 3 is 2.72 bits per heavy atom. The molecule has 0 aromatic carbocycles. The van der Waals surface area contributed by atoms with Crippen LogP contribution in [-0.2, 0) is 11.3 Å². The van der Waals surface area contributed by atoms with E-state index in [9.17, 15) is 4.79 Å². The molecule has 0 spiro atoms. The van der Waals surface area contributed by atoms with E-state index in [2.05, 4.69) is 21.4 Å². The van der Waals surface area contributed by atoms with Crippen LogP contribution in [-0.4, -0.2) is 27.6 Å². The van der Waals surface area contributed by atoms with Gasteiger partial charge in [0.1, 0.15) is 6.54 Å². The molecule has 0 aliphatic heterocycles. The average molecular weight is 356 g/mol. The zero-order valence-electron chi connectivity index (χ0n) is 14.7. The van der Waals surface area contributed by atoms with Gasteiger partial charge in [0.2, 0.25) is 11.8 Å². The summed E-state index contributed by atoms with van der Waals surface area (Å²) in [5, 5.41) is 5.94. The summed E-state index contributed by atoms with van der Waals surface area (Å²) in [4.78, 5) is 21.0. The number of methoxy groups -OCH3 is 1. The van der Waals surface area contributed by atoms with E-state index in [4.69, 9.17) is 4.74 Å². The highest BCUT2D eigenvalue weighted by atomic mass is 32.1. The Hall–Kier alpha value is -2.67. The lowest BCUT2D eigenvalue weighted by Gasteiger charge is -2.10. The molecule has 0 saturated heterocycles. The molecule has 130 valence electrons. The van der Waals surface area contributed by atoms with Crippen LogP contribution in [0.2, 0.25) is 0 Å². The Labute approximate surface area is 150 Å². The van der Waals surface area contributed by atoms with Crippen molar-refractivity contribution in [2.75, 3.05) is 12.4 Å². The van der Waals surface area contributed by atoms with Crippen molar-refractivity contribution in [2.45, 2.75) is 27.3 Å². The highest BCUT2D eigenvalue weighted by Gasteiger charge is 2.15. The van der Waals surface area contributed by atoms with Crippen LogP contribution < -0.4 is 10.1 Å². The Morgan fingerprint density at radius 1 is 1.32 bits per heavy atom. The molecule has 0 saturated carbocycles. The van der Waals surface area contributed by atoms with Crippen LogP contribution in [0.25, 0.3) is 11.3 Å². The van der Waals surface area contributed by atoms with Crippen LogP contribution in [0.1, 0.15) is 16.4 Å². The minimum Gasteiger partial charge on any atom is -0.481 e. The van der Waals surface area contributed by atoms with Gasteiger partial charge in [-0.2, -0.15) is 0 Å². The molecule has 3 rings (SSSR count). The van der Waals surface area contributed by atoms with Crippen molar-refractivity contribution in [3.63, 3.8) is 0 Å². The van der Waals surface area contributed by atoms with Crippen molar-refractivity contribution in [1.29, 1.82) is 0 Å². The maximum absolute atomic E-state index is 12.4. The summed E-state index contributed by atoms with van der Waals surface area (Å²) < 4.78 is 7.01. The lowest BCUT2D eigenvalue weighted by Crippen LogP contribution is -2.20. The second kappa shape index (κ2) is 7.06. The number of carbonyl (C=O) groups is 1. The summed E-state index contributed by atoms with van der Waals surface area (Å²) in [6.07, 6.45) is 1.58. The minimum absolute atomic E-state index is 0.102. The molecule has 0 fully saturated rings. The zero-order chi connectivity index (χ0) is 18.0. The number of aryl methyl sites for hydroxylation is 2. The van der Waals surface area contributed by atoms with Gasteiger partial charge < -0.3 is 14.6 Å². The molecule has 0 radical (unpaired) electrons. The van der Waals surface area contributed by atoms with E-state index >= 15 is 0 Å². The smallest absolute Gasteiger partial charge is 0.244 e. The van der Waals surface area contributed by atoms with Crippen molar-refractivity contribution < 1.29 is 9.53 Å². The molecule has 0 bridgehead atoms. The maximum atomic E-state index is 12.4. The Morgan fingerprint density at radius 2 is 2.12 bits per heavy atom. The molecule has 3 aromatic heterocycles. The van der Waals surface area contributed by atoms with Crippen molar-refractivity contribution >= 4 is 22.9 Å². The second-order valence-corrected chi connectivity index (χ2v) is 6.82. The highest BCUT2D eigenvalue weighted by Crippen LogP contribution is 2.28. The molecule has 3 aromatic rings. The summed E-state index contributed by atoms with van der Waals surface area (Å²) in [6.45, 7) is 6.24. The Kier molecular flexibility index (Phi) is 4.85. The topological polar surface area (TPSA) is 69.0 Å². The van der Waals surface area contributed by atoms with Gasteiger partial charge in [-0.25, -0.2) is 9.97 Å². The van der Waals surface area contributed by atoms with Crippen molar-refractivity contribution in [2.24, 2.45) is 0 Å². The molecule has 1 amide bonds. The van der Waals surface area contributed by atoms with E-state index in [1.54, 1.807) is 36.8 Å². The van der Waals surface area contributed by atoms with E-state index in [0.717, 1.165) is 27.7 Å². The second-order valence-electron chi connectivity index (χ2n) is 5.76. The van der Waals surface area contributed by atoms with Gasteiger partial charge in [-0.1, -0.05) is 0 Å². The van der Waals surface area contributed by atoms with Crippen LogP contribution in [0, 0.1) is 20.8 Å². The number of hydrogen-bond donors (Lipinski definition) is 1. The van der Waals surface area contributed by atoms with Gasteiger partial charge in [-0.3, -0.25) is 4.79 Å². The number of hydrogen-bond acceptors (Lipinski definition) is 5. The molecule has 25 heavy (non-hydrogen) atoms. The summed E-state index contributed by atoms with van der Waals surface area (Å²) in [5.74, 6) is 0.410. The van der Waals surface area contributed by atoms with Gasteiger partial charge in [0.15, 0.2) is 0 Å². The summed E-state index contributed by atoms with van der Waals surface area (Å²) in [7, 11) is 1.56. The van der Waals surface area contributed by atoms with Gasteiger partial charge in [-0.15, -0.1) is 11.3 Å². The SMILES string of the molecule is COc1ccc(NC(=O)Cn2c(C)cc(-c3csc(C)n3)c2C)cn1. The monoisotopic (exact) mass is 356 g/mol. The van der Waals surface area contributed by atoms with E-state index in [0.29, 0.717) is 11.6 Å². The third-order valence-corrected chi connectivity index (χ3v) is 4.77. The number of aromatic nitrogens is 3. The fraction of sp³-hybridized carbons (Fsp3) is 0.278. The lowest BCUT2D eigenvalue weighted by atomic mass is 10.2. The average Bonchev–Trinajstić information content (AvgIpc) is 3.14. The number of amides is 1. The Balaban J connectivity index is 1.75. The molecular weight excluding hydrogens is 336 g/mol. The van der Waals surface area contributed by atoms with Gasteiger partial charge in [-0.05, 0) is 32.9 Å². The predicted molar refractivity (Wildman–Crippen MR) is 99.2 cm³/mol. The maximum Gasteiger partial charge on any atom is 0.244 e. The van der Waals surface area contributed by atoms with Crippen LogP contribution in [0.3, 0.4) is 0 Å². The van der Waals surface area contributed by atoms with Crippen molar-refractivity contribution in [3.05, 3.63) is 46.2 Å². The first-order valence-electron chi connectivity index (χ1n) is 7.87. The van der Waals surface area contributed by atoms with E-state index in [1.807, 2.05) is 30.7 Å². The van der Waals surface area contributed by atoms with Crippen LogP contribution in [0.5, 0.6) is 5.88 Å². The van der Waals surface area contributed by atoms with Crippen LogP contribution >= 0.6 is 11.3 Å². The Bertz CT molecular complexity index is 896. The number of ether oxygens (including phenoxy) is 1. The summed E-state index contributed by atoms with van der Waals surface area (Å²) in [5.41, 5.74) is 4.73. The minimum atomic E-state index is -0.102. The first kappa shape index (κ1) is 17.2. The predicted octanol–water partition coefficient (Wildman–Crippen LogP) is 3.58. The quantitative estimate of drug-likeness (QED) is 0.759. The van der Waals surface area contributed by atoms with E-state index in [1.165, 1.54) is 0 Å². The number of rotatable bonds is 5. The zero-order valence-corrected chi connectivity index (χ0v) is 15.5. The molecule has 0 atom stereocenters. The fourth-order valence-corrected chi connectivity index (χ4v) is 3.32. The number of thiazole rings is 1. The largest absolute Gasteiger partial charge is 0.481 e. The van der Waals surface area contributed by atoms with Crippen LogP contribution in [0.4, 0.5) is 5.69 Å². The molecule has 3 heterocycles. The highest BCUT2D eigenvalue weighted by molar-refractivity contribution is 7.09. The van der Waals surface area contributed by atoms with Crippen molar-refractivity contribution in [3.8, 4) is 17.1 Å². The third kappa shape index (κ3) is 3.71. The van der Waals surface area contributed by atoms with E-state index in [-0.39, 0.29) is 12.5 Å². The molecule has 6 nitrogen and oxygen atoms in total. The number of nitrogens with zero attached hydrogens (tertiary/aromatic N) is 3. The van der Waals surface area contributed by atoms with Gasteiger partial charge >= 0.3 is 0 Å². The third-order valence-electron chi connectivity index (χ3n) is 4.00. The van der Waals surface area contributed by atoms with Gasteiger partial charge in [0.25, 0.3) is 0 Å². The normalized spacial score (nSPS) is 10.7. The molecular formula is C18H20N4O2S. The standard InChI is InChI=1S/C18H20N4O2S/c1-11-7-15(16-10-25-13(3)20-16)12(2)22(11)9-17(23)21-14-5-6-18(24-4)19-8-14/h5-8,10H,9H2,1-4H3,(H,21,23). The molecule has 7 heteroatoms. The van der Waals surface area contributed by atoms with Gasteiger partial charge in [0, 0.05) is 28.4 Å². The number of anilines is 1. The number of nitrogens with one attached hydrogen (secondary N) is 1. The fourth-order valence-electron chi connectivity index (χ4n) is 2.71. The summed E-state index contributed by atoms with van der Waals surface area (Å²) in [6, 6.07) is 5.55. The first-order valence-corrected chi connectivity index (χ1v) is 8.75. The summed E-state index contributed by atoms with van der Waals surface area (Å²) >= 11 is 1.62. The lowest BCUT2D eigenvalue weighted by molar-refractivity contribution is -0.116. The van der Waals surface area contributed by atoms with Crippen molar-refractivity contribution in [1.82, 2.24) is 14.5 Å². The van der Waals surface area contributed by atoms with Gasteiger partial charge in [0.05, 0.1) is 29.7 Å². The number of carbonyl (C=O) groups excluding carboxylic acids is 1. The molecule has 1 N–H and O–H groups in total. The van der Waals surface area contributed by atoms with Crippen LogP contribution in [0.15, 0.2) is 29.8 Å². The number of pyridine rings is 1. The molecule has 0 aliphatic carbocycles. The van der Waals surface area contributed by atoms with E-state index < -0.39 is 0 Å². The first-order chi connectivity index (χ1) is 12.0.